The highest BCUT2D eigenvalue weighted by atomic mass is 19.4. The van der Waals surface area contributed by atoms with Crippen LogP contribution in [0.1, 0.15) is 5.69 Å². The zero-order valence-corrected chi connectivity index (χ0v) is 20.6. The van der Waals surface area contributed by atoms with E-state index in [0.717, 1.165) is 16.8 Å². The van der Waals surface area contributed by atoms with Gasteiger partial charge in [-0.1, -0.05) is 24.3 Å². The van der Waals surface area contributed by atoms with Gasteiger partial charge in [0.05, 0.1) is 11.3 Å². The zero-order valence-electron chi connectivity index (χ0n) is 20.6. The molecule has 0 unspecified atom stereocenters. The average molecular weight is 537 g/mol. The molecule has 0 amide bonds. The van der Waals surface area contributed by atoms with Crippen LogP contribution in [0.2, 0.25) is 0 Å². The van der Waals surface area contributed by atoms with Gasteiger partial charge >= 0.3 is 6.18 Å². The van der Waals surface area contributed by atoms with Gasteiger partial charge in [-0.15, -0.1) is 0 Å². The van der Waals surface area contributed by atoms with Gasteiger partial charge in [0.1, 0.15) is 11.6 Å². The predicted octanol–water partition coefficient (Wildman–Crippen LogP) is 6.56. The first-order chi connectivity index (χ1) is 18.6. The van der Waals surface area contributed by atoms with E-state index in [0.29, 0.717) is 23.0 Å². The average Bonchev–Trinajstić information content (AvgIpc) is 3.41. The van der Waals surface area contributed by atoms with E-state index in [1.54, 1.807) is 72.4 Å². The number of hydrogen-bond donors (Lipinski definition) is 0. The van der Waals surface area contributed by atoms with E-state index in [4.69, 9.17) is 0 Å². The SMILES string of the molecule is CN(C)c1cc(-c2ccc(F)nc2F)nc(N(c2ccccc2)c2cccc(-n3ccc(C(F)(F)F)n3)n2)c1. The lowest BCUT2D eigenvalue weighted by atomic mass is 10.1. The number of hydrogen-bond acceptors (Lipinski definition) is 6. The van der Waals surface area contributed by atoms with Crippen molar-refractivity contribution in [3.05, 3.63) is 103 Å². The third-order valence-corrected chi connectivity index (χ3v) is 5.71. The molecule has 4 heterocycles. The maximum atomic E-state index is 14.7. The highest BCUT2D eigenvalue weighted by Gasteiger charge is 2.33. The van der Waals surface area contributed by atoms with Crippen molar-refractivity contribution in [2.45, 2.75) is 6.18 Å². The van der Waals surface area contributed by atoms with Crippen molar-refractivity contribution in [1.82, 2.24) is 24.7 Å². The first kappa shape index (κ1) is 25.8. The van der Waals surface area contributed by atoms with Gasteiger partial charge in [-0.25, -0.2) is 14.6 Å². The van der Waals surface area contributed by atoms with Gasteiger partial charge in [-0.2, -0.15) is 32.0 Å². The predicted molar refractivity (Wildman–Crippen MR) is 136 cm³/mol. The summed E-state index contributed by atoms with van der Waals surface area (Å²) in [5.74, 6) is -1.20. The molecule has 0 N–H and O–H groups in total. The van der Waals surface area contributed by atoms with Crippen LogP contribution < -0.4 is 9.80 Å². The minimum absolute atomic E-state index is 0.00714. The summed E-state index contributed by atoms with van der Waals surface area (Å²) < 4.78 is 68.6. The summed E-state index contributed by atoms with van der Waals surface area (Å²) >= 11 is 0. The highest BCUT2D eigenvalue weighted by molar-refractivity contribution is 5.77. The molecule has 1 aromatic carbocycles. The second kappa shape index (κ2) is 10.1. The van der Waals surface area contributed by atoms with E-state index in [1.807, 2.05) is 6.07 Å². The molecule has 7 nitrogen and oxygen atoms in total. The normalized spacial score (nSPS) is 11.5. The van der Waals surface area contributed by atoms with Gasteiger partial charge in [0.2, 0.25) is 11.9 Å². The van der Waals surface area contributed by atoms with E-state index >= 15 is 0 Å². The molecule has 39 heavy (non-hydrogen) atoms. The van der Waals surface area contributed by atoms with Gasteiger partial charge in [-0.3, -0.25) is 4.90 Å². The minimum atomic E-state index is -4.60. The van der Waals surface area contributed by atoms with Crippen molar-refractivity contribution in [3.63, 3.8) is 0 Å². The molecule has 5 rings (SSSR count). The molecule has 5 aromatic rings. The van der Waals surface area contributed by atoms with Crippen molar-refractivity contribution in [1.29, 1.82) is 0 Å². The lowest BCUT2D eigenvalue weighted by Gasteiger charge is -2.25. The number of anilines is 4. The van der Waals surface area contributed by atoms with E-state index in [1.165, 1.54) is 18.3 Å². The molecule has 0 radical (unpaired) electrons. The minimum Gasteiger partial charge on any atom is -0.377 e. The molecule has 0 aliphatic heterocycles. The second-order valence-electron chi connectivity index (χ2n) is 8.60. The Kier molecular flexibility index (Phi) is 6.69. The molecule has 0 saturated heterocycles. The van der Waals surface area contributed by atoms with E-state index in [-0.39, 0.29) is 17.1 Å². The first-order valence-corrected chi connectivity index (χ1v) is 11.6. The number of alkyl halides is 3. The quantitative estimate of drug-likeness (QED) is 0.181. The Morgan fingerprint density at radius 2 is 1.51 bits per heavy atom. The standard InChI is InChI=1S/C27H20F5N7/c1-37(2)18-15-20(19-11-12-22(28)34-26(19)29)33-25(16-18)39(17-7-4-3-5-8-17)24-10-6-9-23(35-24)38-14-13-21(36-38)27(30,31)32/h3-16H,1-2H3. The first-order valence-electron chi connectivity index (χ1n) is 11.6. The monoisotopic (exact) mass is 537 g/mol. The number of para-hydroxylation sites is 1. The molecule has 0 spiro atoms. The van der Waals surface area contributed by atoms with Crippen molar-refractivity contribution >= 4 is 23.0 Å². The van der Waals surface area contributed by atoms with Crippen molar-refractivity contribution in [2.75, 3.05) is 23.9 Å². The van der Waals surface area contributed by atoms with Crippen LogP contribution in [0.5, 0.6) is 0 Å². The van der Waals surface area contributed by atoms with Crippen LogP contribution in [-0.4, -0.2) is 38.8 Å². The molecule has 0 aliphatic carbocycles. The van der Waals surface area contributed by atoms with Gasteiger partial charge in [0, 0.05) is 37.7 Å². The Bertz CT molecular complexity index is 1620. The van der Waals surface area contributed by atoms with Crippen LogP contribution >= 0.6 is 0 Å². The van der Waals surface area contributed by atoms with Gasteiger partial charge in [0.25, 0.3) is 0 Å². The van der Waals surface area contributed by atoms with Gasteiger partial charge < -0.3 is 4.90 Å². The van der Waals surface area contributed by atoms with Gasteiger partial charge in [-0.05, 0) is 48.5 Å². The molecular formula is C27H20F5N7. The third-order valence-electron chi connectivity index (χ3n) is 5.71. The fourth-order valence-corrected chi connectivity index (χ4v) is 3.84. The molecule has 198 valence electrons. The van der Waals surface area contributed by atoms with Crippen molar-refractivity contribution < 1.29 is 22.0 Å². The van der Waals surface area contributed by atoms with Crippen LogP contribution in [0.3, 0.4) is 0 Å². The summed E-state index contributed by atoms with van der Waals surface area (Å²) in [6, 6.07) is 20.4. The van der Waals surface area contributed by atoms with Crippen molar-refractivity contribution in [3.8, 4) is 17.1 Å². The Morgan fingerprint density at radius 1 is 0.744 bits per heavy atom. The summed E-state index contributed by atoms with van der Waals surface area (Å²) in [6.07, 6.45) is -3.43. The van der Waals surface area contributed by atoms with Crippen molar-refractivity contribution in [2.24, 2.45) is 0 Å². The van der Waals surface area contributed by atoms with Crippen LogP contribution in [0.4, 0.5) is 45.0 Å². The molecule has 0 bridgehead atoms. The summed E-state index contributed by atoms with van der Waals surface area (Å²) in [7, 11) is 3.59. The lowest BCUT2D eigenvalue weighted by molar-refractivity contribution is -0.141. The Labute approximate surface area is 219 Å². The molecule has 4 aromatic heterocycles. The highest BCUT2D eigenvalue weighted by Crippen LogP contribution is 2.36. The van der Waals surface area contributed by atoms with E-state index < -0.39 is 23.8 Å². The Morgan fingerprint density at radius 3 is 2.18 bits per heavy atom. The number of nitrogens with zero attached hydrogens (tertiary/aromatic N) is 7. The van der Waals surface area contributed by atoms with Crippen LogP contribution in [0.15, 0.2) is 85.1 Å². The summed E-state index contributed by atoms with van der Waals surface area (Å²) in [5, 5.41) is 3.61. The smallest absolute Gasteiger partial charge is 0.377 e. The summed E-state index contributed by atoms with van der Waals surface area (Å²) in [5.41, 5.74) is 0.422. The molecule has 12 heteroatoms. The van der Waals surface area contributed by atoms with Crippen LogP contribution in [0, 0.1) is 11.9 Å². The third kappa shape index (κ3) is 5.40. The molecule has 0 atom stereocenters. The Balaban J connectivity index is 1.68. The molecule has 0 aliphatic rings. The van der Waals surface area contributed by atoms with Crippen LogP contribution in [-0.2, 0) is 6.18 Å². The second-order valence-corrected chi connectivity index (χ2v) is 8.60. The van der Waals surface area contributed by atoms with Crippen LogP contribution in [0.25, 0.3) is 17.1 Å². The van der Waals surface area contributed by atoms with E-state index in [9.17, 15) is 22.0 Å². The van der Waals surface area contributed by atoms with E-state index in [2.05, 4.69) is 20.1 Å². The lowest BCUT2D eigenvalue weighted by Crippen LogP contribution is -2.16. The molecular weight excluding hydrogens is 517 g/mol. The number of aromatic nitrogens is 5. The molecule has 0 fully saturated rings. The largest absolute Gasteiger partial charge is 0.435 e. The number of rotatable bonds is 6. The van der Waals surface area contributed by atoms with Gasteiger partial charge in [0.15, 0.2) is 11.5 Å². The fraction of sp³-hybridized carbons (Fsp3) is 0.111. The number of benzene rings is 1. The zero-order chi connectivity index (χ0) is 27.7. The number of halogens is 5. The number of pyridine rings is 3. The maximum absolute atomic E-state index is 14.7. The molecule has 0 saturated carbocycles. The Hall–Kier alpha value is -4.87. The summed E-state index contributed by atoms with van der Waals surface area (Å²) in [4.78, 5) is 16.0. The maximum Gasteiger partial charge on any atom is 0.435 e. The topological polar surface area (TPSA) is 63.0 Å². The summed E-state index contributed by atoms with van der Waals surface area (Å²) in [6.45, 7) is 0. The fourth-order valence-electron chi connectivity index (χ4n) is 3.84.